The van der Waals surface area contributed by atoms with Crippen LogP contribution in [0.15, 0.2) is 255 Å². The van der Waals surface area contributed by atoms with E-state index in [0.29, 0.717) is 0 Å². The summed E-state index contributed by atoms with van der Waals surface area (Å²) in [5.41, 5.74) is 26.9. The van der Waals surface area contributed by atoms with Crippen molar-refractivity contribution in [3.8, 4) is 72.4 Å². The van der Waals surface area contributed by atoms with E-state index in [9.17, 15) is 0 Å². The zero-order valence-corrected chi connectivity index (χ0v) is 41.6. The van der Waals surface area contributed by atoms with Gasteiger partial charge in [0.1, 0.15) is 0 Å². The largest absolute Gasteiger partial charge is 0.311 e. The van der Waals surface area contributed by atoms with E-state index in [4.69, 9.17) is 0 Å². The first-order valence-corrected chi connectivity index (χ1v) is 25.5. The Morgan fingerprint density at radius 3 is 1.37 bits per heavy atom. The van der Waals surface area contributed by atoms with E-state index in [1.54, 1.807) is 0 Å². The van der Waals surface area contributed by atoms with Gasteiger partial charge in [-0.15, -0.1) is 0 Å². The van der Waals surface area contributed by atoms with Gasteiger partial charge in [0.15, 0.2) is 0 Å². The Hall–Kier alpha value is -8.98. The van der Waals surface area contributed by atoms with Crippen LogP contribution in [0, 0.1) is 13.8 Å². The van der Waals surface area contributed by atoms with Crippen LogP contribution in [0.3, 0.4) is 0 Å². The van der Waals surface area contributed by atoms with Crippen LogP contribution in [0.1, 0.15) is 36.1 Å². The number of para-hydroxylation sites is 1. The molecule has 1 aliphatic rings. The van der Waals surface area contributed by atoms with Crippen molar-refractivity contribution >= 4 is 38.9 Å². The maximum atomic E-state index is 2.44. The average molecular weight is 935 g/mol. The first kappa shape index (κ1) is 44.0. The van der Waals surface area contributed by atoms with Crippen molar-refractivity contribution < 1.29 is 0 Å². The Morgan fingerprint density at radius 1 is 0.301 bits per heavy atom. The van der Waals surface area contributed by atoms with E-state index >= 15 is 0 Å². The van der Waals surface area contributed by atoms with Gasteiger partial charge in [0.05, 0.1) is 11.0 Å². The molecule has 0 aliphatic heterocycles. The topological polar surface area (TPSA) is 8.17 Å². The number of rotatable bonds is 9. The van der Waals surface area contributed by atoms with E-state index in [1.165, 1.54) is 111 Å². The van der Waals surface area contributed by atoms with E-state index in [1.807, 2.05) is 0 Å². The molecule has 0 bridgehead atoms. The fraction of sp³-hybridized carbons (Fsp3) is 0.0704. The van der Waals surface area contributed by atoms with Gasteiger partial charge in [-0.2, -0.15) is 0 Å². The molecule has 0 fully saturated rings. The molecular weight excluding hydrogens is 881 g/mol. The van der Waals surface area contributed by atoms with Gasteiger partial charge in [-0.1, -0.05) is 201 Å². The van der Waals surface area contributed by atoms with Crippen LogP contribution in [0.2, 0.25) is 0 Å². The highest BCUT2D eigenvalue weighted by Gasteiger charge is 2.35. The van der Waals surface area contributed by atoms with Crippen molar-refractivity contribution in [3.05, 3.63) is 277 Å². The fourth-order valence-corrected chi connectivity index (χ4v) is 11.4. The molecule has 12 aromatic rings. The minimum Gasteiger partial charge on any atom is -0.311 e. The van der Waals surface area contributed by atoms with Gasteiger partial charge >= 0.3 is 0 Å². The van der Waals surface area contributed by atoms with Gasteiger partial charge in [0.25, 0.3) is 0 Å². The summed E-state index contributed by atoms with van der Waals surface area (Å²) in [6, 6.07) is 94.1. The predicted octanol–water partition coefficient (Wildman–Crippen LogP) is 19.5. The second-order valence-corrected chi connectivity index (χ2v) is 20.4. The predicted molar refractivity (Wildman–Crippen MR) is 310 cm³/mol. The molecule has 1 aliphatic carbocycles. The highest BCUT2D eigenvalue weighted by atomic mass is 15.1. The first-order valence-electron chi connectivity index (χ1n) is 25.5. The van der Waals surface area contributed by atoms with Gasteiger partial charge in [-0.3, -0.25) is 0 Å². The summed E-state index contributed by atoms with van der Waals surface area (Å²) in [7, 11) is 0. The van der Waals surface area contributed by atoms with Crippen molar-refractivity contribution in [3.63, 3.8) is 0 Å². The lowest BCUT2D eigenvalue weighted by molar-refractivity contribution is 0.660. The molecule has 73 heavy (non-hydrogen) atoms. The Morgan fingerprint density at radius 2 is 0.726 bits per heavy atom. The Bertz CT molecular complexity index is 4040. The smallest absolute Gasteiger partial charge is 0.0547 e. The van der Waals surface area contributed by atoms with Gasteiger partial charge in [0, 0.05) is 38.9 Å². The second kappa shape index (κ2) is 17.7. The molecule has 2 nitrogen and oxygen atoms in total. The summed E-state index contributed by atoms with van der Waals surface area (Å²) in [4.78, 5) is 2.36. The molecule has 2 heteroatoms. The fourth-order valence-electron chi connectivity index (χ4n) is 11.4. The normalized spacial score (nSPS) is 12.5. The van der Waals surface area contributed by atoms with Crippen LogP contribution < -0.4 is 4.90 Å². The molecule has 0 saturated heterocycles. The Kier molecular flexibility index (Phi) is 10.7. The maximum Gasteiger partial charge on any atom is 0.0547 e. The Balaban J connectivity index is 0.826. The number of aromatic nitrogens is 1. The number of hydrogen-bond acceptors (Lipinski definition) is 1. The lowest BCUT2D eigenvalue weighted by Crippen LogP contribution is -2.15. The van der Waals surface area contributed by atoms with Crippen molar-refractivity contribution in [1.29, 1.82) is 0 Å². The standard InChI is InChI=1S/C71H54N2/c1-47-23-32-59(33-24-47)72(60-34-26-50(27-35-60)57-30-39-64-63-38-25-48(2)41-67(63)71(3,4)68(64)45-57)61-36-28-51(29-37-61)58-31-40-66-65-21-8-9-22-69(65)73(70(66)46-58)62-20-12-19-56(44-62)55-18-11-17-54(43-55)53-16-10-15-52(42-53)49-13-6-5-7-14-49/h5-46H,1-4H3. The molecule has 1 aromatic heterocycles. The highest BCUT2D eigenvalue weighted by molar-refractivity contribution is 6.10. The maximum absolute atomic E-state index is 2.44. The van der Waals surface area contributed by atoms with Gasteiger partial charge in [0.2, 0.25) is 0 Å². The molecule has 0 amide bonds. The van der Waals surface area contributed by atoms with E-state index in [2.05, 4.69) is 292 Å². The summed E-state index contributed by atoms with van der Waals surface area (Å²) in [6.07, 6.45) is 0. The summed E-state index contributed by atoms with van der Waals surface area (Å²) in [5, 5.41) is 2.48. The third-order valence-corrected chi connectivity index (χ3v) is 15.3. The van der Waals surface area contributed by atoms with E-state index < -0.39 is 0 Å². The molecule has 348 valence electrons. The third-order valence-electron chi connectivity index (χ3n) is 15.3. The number of fused-ring (bicyclic) bond motifs is 6. The SMILES string of the molecule is Cc1ccc(N(c2ccc(-c3ccc4c(c3)C(C)(C)c3cc(C)ccc3-4)cc2)c2ccc(-c3ccc4c5ccccc5n(-c5cccc(-c6cccc(-c7cccc(-c8ccccc8)c7)c6)c5)c4c3)cc2)cc1. The molecule has 0 N–H and O–H groups in total. The van der Waals surface area contributed by atoms with Crippen molar-refractivity contribution in [2.45, 2.75) is 33.1 Å². The molecule has 13 rings (SSSR count). The lowest BCUT2D eigenvalue weighted by atomic mass is 9.81. The quantitative estimate of drug-likeness (QED) is 0.140. The van der Waals surface area contributed by atoms with Crippen molar-refractivity contribution in [2.75, 3.05) is 4.90 Å². The minimum absolute atomic E-state index is 0.0523. The summed E-state index contributed by atoms with van der Waals surface area (Å²) in [5.74, 6) is 0. The highest BCUT2D eigenvalue weighted by Crippen LogP contribution is 2.50. The number of aryl methyl sites for hydroxylation is 2. The number of hydrogen-bond donors (Lipinski definition) is 0. The number of anilines is 3. The third kappa shape index (κ3) is 7.84. The van der Waals surface area contributed by atoms with Crippen LogP contribution in [-0.2, 0) is 5.41 Å². The van der Waals surface area contributed by atoms with Crippen molar-refractivity contribution in [1.82, 2.24) is 4.57 Å². The van der Waals surface area contributed by atoms with Crippen LogP contribution >= 0.6 is 0 Å². The number of benzene rings is 11. The second-order valence-electron chi connectivity index (χ2n) is 20.4. The van der Waals surface area contributed by atoms with Crippen LogP contribution in [0.5, 0.6) is 0 Å². The zero-order valence-electron chi connectivity index (χ0n) is 41.6. The van der Waals surface area contributed by atoms with E-state index in [0.717, 1.165) is 22.7 Å². The molecule has 11 aromatic carbocycles. The molecule has 0 radical (unpaired) electrons. The lowest BCUT2D eigenvalue weighted by Gasteiger charge is -2.26. The summed E-state index contributed by atoms with van der Waals surface area (Å²) in [6.45, 7) is 9.06. The molecule has 0 atom stereocenters. The van der Waals surface area contributed by atoms with Gasteiger partial charge < -0.3 is 9.47 Å². The van der Waals surface area contributed by atoms with E-state index in [-0.39, 0.29) is 5.41 Å². The van der Waals surface area contributed by atoms with Crippen molar-refractivity contribution in [2.24, 2.45) is 0 Å². The molecule has 0 saturated carbocycles. The summed E-state index contributed by atoms with van der Waals surface area (Å²) < 4.78 is 2.44. The molecule has 0 unspecified atom stereocenters. The zero-order chi connectivity index (χ0) is 49.2. The van der Waals surface area contributed by atoms with Crippen LogP contribution in [0.25, 0.3) is 94.3 Å². The van der Waals surface area contributed by atoms with Gasteiger partial charge in [-0.05, 0) is 171 Å². The first-order chi connectivity index (χ1) is 35.7. The monoisotopic (exact) mass is 934 g/mol. The molecule has 1 heterocycles. The summed E-state index contributed by atoms with van der Waals surface area (Å²) >= 11 is 0. The van der Waals surface area contributed by atoms with Gasteiger partial charge in [-0.25, -0.2) is 0 Å². The van der Waals surface area contributed by atoms with Crippen LogP contribution in [-0.4, -0.2) is 4.57 Å². The number of nitrogens with zero attached hydrogens (tertiary/aromatic N) is 2. The van der Waals surface area contributed by atoms with Crippen LogP contribution in [0.4, 0.5) is 17.1 Å². The minimum atomic E-state index is -0.0523. The average Bonchev–Trinajstić information content (AvgIpc) is 3.89. The Labute approximate surface area is 428 Å². The molecular formula is C71H54N2. The molecule has 0 spiro atoms.